The Labute approximate surface area is 74.2 Å². The minimum absolute atomic E-state index is 0.441. The van der Waals surface area contributed by atoms with Gasteiger partial charge in [0.05, 0.1) is 6.10 Å². The van der Waals surface area contributed by atoms with Crippen molar-refractivity contribution in [3.8, 4) is 0 Å². The Morgan fingerprint density at radius 2 is 2.00 bits per heavy atom. The smallest absolute Gasteiger partial charge is 0.0619 e. The minimum atomic E-state index is 0.441. The van der Waals surface area contributed by atoms with Crippen LogP contribution >= 0.6 is 0 Å². The summed E-state index contributed by atoms with van der Waals surface area (Å²) in [6.45, 7) is 3.36. The molecule has 1 heterocycles. The van der Waals surface area contributed by atoms with E-state index < -0.39 is 0 Å². The van der Waals surface area contributed by atoms with Crippen LogP contribution in [-0.4, -0.2) is 32.5 Å². The Morgan fingerprint density at radius 3 is 2.67 bits per heavy atom. The van der Waals surface area contributed by atoms with Gasteiger partial charge < -0.3 is 15.2 Å². The average molecular weight is 173 g/mol. The molecule has 0 amide bonds. The van der Waals surface area contributed by atoms with Gasteiger partial charge in [-0.05, 0) is 32.2 Å². The third-order valence-corrected chi connectivity index (χ3v) is 2.12. The van der Waals surface area contributed by atoms with Crippen molar-refractivity contribution in [2.24, 2.45) is 5.73 Å². The van der Waals surface area contributed by atoms with Crippen LogP contribution in [0.5, 0.6) is 0 Å². The molecule has 0 aliphatic carbocycles. The lowest BCUT2D eigenvalue weighted by atomic mass is 10.1. The molecule has 2 N–H and O–H groups in total. The average Bonchev–Trinajstić information content (AvgIpc) is 2.14. The van der Waals surface area contributed by atoms with E-state index in [9.17, 15) is 0 Å². The Bertz CT molecular complexity index is 103. The first kappa shape index (κ1) is 9.96. The first-order valence-corrected chi connectivity index (χ1v) is 4.83. The Hall–Kier alpha value is -0.120. The third-order valence-electron chi connectivity index (χ3n) is 2.12. The van der Waals surface area contributed by atoms with Crippen LogP contribution in [0.2, 0.25) is 0 Å². The topological polar surface area (TPSA) is 44.5 Å². The van der Waals surface area contributed by atoms with Gasteiger partial charge in [-0.3, -0.25) is 0 Å². The molecule has 1 aliphatic rings. The van der Waals surface area contributed by atoms with Crippen molar-refractivity contribution < 1.29 is 9.47 Å². The van der Waals surface area contributed by atoms with Crippen molar-refractivity contribution in [3.63, 3.8) is 0 Å². The van der Waals surface area contributed by atoms with E-state index in [1.807, 2.05) is 0 Å². The van der Waals surface area contributed by atoms with Crippen LogP contribution in [0, 0.1) is 0 Å². The molecular formula is C9H19NO2. The van der Waals surface area contributed by atoms with Crippen LogP contribution in [0.25, 0.3) is 0 Å². The number of ether oxygens (including phenoxy) is 2. The van der Waals surface area contributed by atoms with Gasteiger partial charge in [0, 0.05) is 19.8 Å². The normalized spacial score (nSPS) is 19.8. The highest BCUT2D eigenvalue weighted by Gasteiger charge is 2.12. The SMILES string of the molecule is NCCCCOC1CCOCC1. The summed E-state index contributed by atoms with van der Waals surface area (Å²) in [5, 5.41) is 0. The third kappa shape index (κ3) is 4.04. The van der Waals surface area contributed by atoms with Gasteiger partial charge in [-0.1, -0.05) is 0 Å². The Morgan fingerprint density at radius 1 is 1.25 bits per heavy atom. The van der Waals surface area contributed by atoms with Gasteiger partial charge in [-0.25, -0.2) is 0 Å². The van der Waals surface area contributed by atoms with Crippen LogP contribution in [0.3, 0.4) is 0 Å². The van der Waals surface area contributed by atoms with Crippen molar-refractivity contribution in [3.05, 3.63) is 0 Å². The predicted octanol–water partition coefficient (Wildman–Crippen LogP) is 0.921. The molecule has 12 heavy (non-hydrogen) atoms. The second-order valence-corrected chi connectivity index (χ2v) is 3.18. The second-order valence-electron chi connectivity index (χ2n) is 3.18. The van der Waals surface area contributed by atoms with Crippen molar-refractivity contribution >= 4 is 0 Å². The fourth-order valence-corrected chi connectivity index (χ4v) is 1.34. The van der Waals surface area contributed by atoms with Crippen LogP contribution in [0.1, 0.15) is 25.7 Å². The molecule has 0 unspecified atom stereocenters. The molecule has 0 spiro atoms. The van der Waals surface area contributed by atoms with Gasteiger partial charge in [-0.15, -0.1) is 0 Å². The molecule has 3 heteroatoms. The van der Waals surface area contributed by atoms with Gasteiger partial charge in [0.25, 0.3) is 0 Å². The van der Waals surface area contributed by atoms with E-state index in [1.165, 1.54) is 0 Å². The van der Waals surface area contributed by atoms with Crippen LogP contribution in [-0.2, 0) is 9.47 Å². The highest BCUT2D eigenvalue weighted by Crippen LogP contribution is 2.10. The Kier molecular flexibility index (Phi) is 5.32. The molecule has 1 fully saturated rings. The van der Waals surface area contributed by atoms with E-state index in [4.69, 9.17) is 15.2 Å². The van der Waals surface area contributed by atoms with Crippen molar-refractivity contribution in [2.75, 3.05) is 26.4 Å². The molecule has 0 aromatic carbocycles. The predicted molar refractivity (Wildman–Crippen MR) is 48.1 cm³/mol. The number of nitrogens with two attached hydrogens (primary N) is 1. The highest BCUT2D eigenvalue weighted by atomic mass is 16.5. The molecular weight excluding hydrogens is 154 g/mol. The van der Waals surface area contributed by atoms with E-state index in [2.05, 4.69) is 0 Å². The molecule has 0 radical (unpaired) electrons. The van der Waals surface area contributed by atoms with E-state index in [-0.39, 0.29) is 0 Å². The fourth-order valence-electron chi connectivity index (χ4n) is 1.34. The molecule has 0 aromatic rings. The molecule has 3 nitrogen and oxygen atoms in total. The number of hydrogen-bond donors (Lipinski definition) is 1. The van der Waals surface area contributed by atoms with Gasteiger partial charge >= 0.3 is 0 Å². The van der Waals surface area contributed by atoms with E-state index in [1.54, 1.807) is 0 Å². The lowest BCUT2D eigenvalue weighted by Gasteiger charge is -2.22. The van der Waals surface area contributed by atoms with Gasteiger partial charge in [0.15, 0.2) is 0 Å². The molecule has 1 saturated heterocycles. The van der Waals surface area contributed by atoms with Crippen LogP contribution < -0.4 is 5.73 Å². The molecule has 0 atom stereocenters. The van der Waals surface area contributed by atoms with Crippen molar-refractivity contribution in [1.29, 1.82) is 0 Å². The van der Waals surface area contributed by atoms with E-state index >= 15 is 0 Å². The molecule has 72 valence electrons. The molecule has 1 aliphatic heterocycles. The fraction of sp³-hybridized carbons (Fsp3) is 1.00. The quantitative estimate of drug-likeness (QED) is 0.629. The lowest BCUT2D eigenvalue weighted by Crippen LogP contribution is -2.23. The van der Waals surface area contributed by atoms with Gasteiger partial charge in [0.2, 0.25) is 0 Å². The van der Waals surface area contributed by atoms with Gasteiger partial charge in [0.1, 0.15) is 0 Å². The molecule has 1 rings (SSSR count). The maximum atomic E-state index is 5.65. The molecule has 0 aromatic heterocycles. The largest absolute Gasteiger partial charge is 0.381 e. The maximum Gasteiger partial charge on any atom is 0.0619 e. The number of hydrogen-bond acceptors (Lipinski definition) is 3. The maximum absolute atomic E-state index is 5.65. The Balaban J connectivity index is 1.91. The van der Waals surface area contributed by atoms with Crippen LogP contribution in [0.15, 0.2) is 0 Å². The second kappa shape index (κ2) is 6.40. The zero-order valence-corrected chi connectivity index (χ0v) is 7.63. The molecule has 0 saturated carbocycles. The number of rotatable bonds is 5. The van der Waals surface area contributed by atoms with Crippen molar-refractivity contribution in [1.82, 2.24) is 0 Å². The number of unbranched alkanes of at least 4 members (excludes halogenated alkanes) is 1. The summed E-state index contributed by atoms with van der Waals surface area (Å²) in [7, 11) is 0. The summed E-state index contributed by atoms with van der Waals surface area (Å²) in [5.41, 5.74) is 5.37. The summed E-state index contributed by atoms with van der Waals surface area (Å²) in [6, 6.07) is 0. The first-order valence-electron chi connectivity index (χ1n) is 4.83. The summed E-state index contributed by atoms with van der Waals surface area (Å²) in [6.07, 6.45) is 4.72. The summed E-state index contributed by atoms with van der Waals surface area (Å²) >= 11 is 0. The summed E-state index contributed by atoms with van der Waals surface area (Å²) < 4.78 is 10.9. The van der Waals surface area contributed by atoms with Gasteiger partial charge in [-0.2, -0.15) is 0 Å². The monoisotopic (exact) mass is 173 g/mol. The van der Waals surface area contributed by atoms with Crippen LogP contribution in [0.4, 0.5) is 0 Å². The summed E-state index contributed by atoms with van der Waals surface area (Å²) in [5.74, 6) is 0. The molecule has 0 bridgehead atoms. The minimum Gasteiger partial charge on any atom is -0.381 e. The standard InChI is InChI=1S/C9H19NO2/c10-5-1-2-6-12-9-3-7-11-8-4-9/h9H,1-8,10H2. The first-order chi connectivity index (χ1) is 5.93. The zero-order valence-electron chi connectivity index (χ0n) is 7.63. The lowest BCUT2D eigenvalue weighted by molar-refractivity contribution is -0.0325. The summed E-state index contributed by atoms with van der Waals surface area (Å²) in [4.78, 5) is 0. The van der Waals surface area contributed by atoms with E-state index in [0.717, 1.165) is 52.0 Å². The highest BCUT2D eigenvalue weighted by molar-refractivity contribution is 4.62. The van der Waals surface area contributed by atoms with Crippen molar-refractivity contribution in [2.45, 2.75) is 31.8 Å². The zero-order chi connectivity index (χ0) is 8.65. The van der Waals surface area contributed by atoms with E-state index in [0.29, 0.717) is 6.10 Å².